The summed E-state index contributed by atoms with van der Waals surface area (Å²) in [5.74, 6) is 0. The highest BCUT2D eigenvalue weighted by Crippen LogP contribution is 2.65. The fourth-order valence-electron chi connectivity index (χ4n) is 4.29. The van der Waals surface area contributed by atoms with E-state index < -0.39 is 0 Å². The van der Waals surface area contributed by atoms with Gasteiger partial charge in [0.15, 0.2) is 0 Å². The smallest absolute Gasteiger partial charge is 0.0599 e. The second kappa shape index (κ2) is 3.46. The molecule has 2 nitrogen and oxygen atoms in total. The zero-order chi connectivity index (χ0) is 12.2. The maximum Gasteiger partial charge on any atom is 0.0599 e. The van der Waals surface area contributed by atoms with E-state index in [-0.39, 0.29) is 28.5 Å². The van der Waals surface area contributed by atoms with Crippen LogP contribution in [-0.2, 0) is 0 Å². The van der Waals surface area contributed by atoms with Crippen LogP contribution >= 0.6 is 0 Å². The average Bonchev–Trinajstić information content (AvgIpc) is 2.20. The molecule has 2 rings (SSSR count). The van der Waals surface area contributed by atoms with Crippen molar-refractivity contribution in [1.29, 1.82) is 0 Å². The third-order valence-corrected chi connectivity index (χ3v) is 6.34. The first kappa shape index (κ1) is 12.4. The molecule has 0 aromatic carbocycles. The zero-order valence-corrected chi connectivity index (χ0v) is 11.1. The van der Waals surface area contributed by atoms with Crippen LogP contribution in [0.2, 0.25) is 0 Å². The quantitative estimate of drug-likeness (QED) is 0.667. The van der Waals surface area contributed by atoms with Gasteiger partial charge in [-0.15, -0.1) is 0 Å². The van der Waals surface area contributed by atoms with Crippen LogP contribution in [-0.4, -0.2) is 22.4 Å². The molecule has 2 aliphatic rings. The Morgan fingerprint density at radius 3 is 2.12 bits per heavy atom. The Kier molecular flexibility index (Phi) is 2.67. The van der Waals surface area contributed by atoms with Crippen LogP contribution in [0.4, 0.5) is 0 Å². The SMILES string of the molecule is CC1(C)C(O)CCC2(C)C(O)CCCC12C. The molecular formula is C14H26O2. The average molecular weight is 226 g/mol. The monoisotopic (exact) mass is 226 g/mol. The highest BCUT2D eigenvalue weighted by Gasteiger charge is 2.62. The maximum absolute atomic E-state index is 10.4. The number of fused-ring (bicyclic) bond motifs is 1. The van der Waals surface area contributed by atoms with E-state index in [0.29, 0.717) is 0 Å². The highest BCUT2D eigenvalue weighted by molar-refractivity contribution is 5.11. The lowest BCUT2D eigenvalue weighted by Gasteiger charge is -2.64. The molecule has 0 aromatic heterocycles. The molecule has 0 spiro atoms. The summed E-state index contributed by atoms with van der Waals surface area (Å²) in [7, 11) is 0. The summed E-state index contributed by atoms with van der Waals surface area (Å²) in [5.41, 5.74) is -0.0648. The van der Waals surface area contributed by atoms with Crippen molar-refractivity contribution in [3.8, 4) is 0 Å². The minimum absolute atomic E-state index is 0.0199. The van der Waals surface area contributed by atoms with Gasteiger partial charge in [-0.25, -0.2) is 0 Å². The van der Waals surface area contributed by atoms with Crippen molar-refractivity contribution < 1.29 is 10.2 Å². The van der Waals surface area contributed by atoms with Gasteiger partial charge in [0.25, 0.3) is 0 Å². The fraction of sp³-hybridized carbons (Fsp3) is 1.00. The topological polar surface area (TPSA) is 40.5 Å². The van der Waals surface area contributed by atoms with E-state index in [2.05, 4.69) is 27.7 Å². The van der Waals surface area contributed by atoms with Crippen LogP contribution in [0.1, 0.15) is 59.8 Å². The Balaban J connectivity index is 2.45. The van der Waals surface area contributed by atoms with Crippen molar-refractivity contribution in [3.63, 3.8) is 0 Å². The molecule has 0 aliphatic heterocycles. The van der Waals surface area contributed by atoms with Gasteiger partial charge < -0.3 is 10.2 Å². The Morgan fingerprint density at radius 2 is 1.50 bits per heavy atom. The van der Waals surface area contributed by atoms with E-state index in [1.54, 1.807) is 0 Å². The zero-order valence-electron chi connectivity index (χ0n) is 11.1. The lowest BCUT2D eigenvalue weighted by atomic mass is 9.41. The first-order valence-electron chi connectivity index (χ1n) is 6.62. The summed E-state index contributed by atoms with van der Waals surface area (Å²) in [4.78, 5) is 0. The number of aliphatic hydroxyl groups is 2. The van der Waals surface area contributed by atoms with Crippen LogP contribution in [0, 0.1) is 16.2 Å². The molecule has 94 valence electrons. The molecule has 2 saturated carbocycles. The van der Waals surface area contributed by atoms with Gasteiger partial charge in [-0.1, -0.05) is 34.1 Å². The van der Waals surface area contributed by atoms with Crippen LogP contribution < -0.4 is 0 Å². The molecule has 4 atom stereocenters. The standard InChI is InChI=1S/C14H26O2/c1-12(2)10(15)7-9-13(3)11(16)6-5-8-14(12,13)4/h10-11,15-16H,5-9H2,1-4H3. The normalized spacial score (nSPS) is 52.1. The summed E-state index contributed by atoms with van der Waals surface area (Å²) in [6.45, 7) is 8.85. The van der Waals surface area contributed by atoms with E-state index in [0.717, 1.165) is 32.1 Å². The van der Waals surface area contributed by atoms with E-state index >= 15 is 0 Å². The number of aliphatic hydroxyl groups excluding tert-OH is 2. The molecule has 2 aliphatic carbocycles. The largest absolute Gasteiger partial charge is 0.393 e. The molecule has 2 heteroatoms. The van der Waals surface area contributed by atoms with Crippen molar-refractivity contribution in [2.75, 3.05) is 0 Å². The van der Waals surface area contributed by atoms with Gasteiger partial charge in [-0.05, 0) is 41.9 Å². The minimum atomic E-state index is -0.226. The van der Waals surface area contributed by atoms with Crippen molar-refractivity contribution in [2.45, 2.75) is 72.0 Å². The first-order chi connectivity index (χ1) is 7.26. The van der Waals surface area contributed by atoms with E-state index in [9.17, 15) is 10.2 Å². The lowest BCUT2D eigenvalue weighted by molar-refractivity contribution is -0.216. The highest BCUT2D eigenvalue weighted by atomic mass is 16.3. The summed E-state index contributed by atoms with van der Waals surface area (Å²) in [6.07, 6.45) is 4.51. The van der Waals surface area contributed by atoms with Gasteiger partial charge >= 0.3 is 0 Å². The minimum Gasteiger partial charge on any atom is -0.393 e. The molecule has 0 heterocycles. The maximum atomic E-state index is 10.4. The predicted octanol–water partition coefficient (Wildman–Crippen LogP) is 2.72. The Hall–Kier alpha value is -0.0800. The molecule has 0 radical (unpaired) electrons. The Bertz CT molecular complexity index is 286. The fourth-order valence-corrected chi connectivity index (χ4v) is 4.29. The Labute approximate surface area is 99.1 Å². The van der Waals surface area contributed by atoms with E-state index in [1.807, 2.05) is 0 Å². The van der Waals surface area contributed by atoms with Crippen molar-refractivity contribution in [1.82, 2.24) is 0 Å². The second-order valence-corrected chi connectivity index (χ2v) is 6.93. The van der Waals surface area contributed by atoms with Gasteiger partial charge in [0.05, 0.1) is 12.2 Å². The van der Waals surface area contributed by atoms with E-state index in [4.69, 9.17) is 0 Å². The van der Waals surface area contributed by atoms with Crippen LogP contribution in [0.25, 0.3) is 0 Å². The molecule has 0 amide bonds. The molecule has 0 saturated heterocycles. The van der Waals surface area contributed by atoms with Crippen LogP contribution in [0.5, 0.6) is 0 Å². The van der Waals surface area contributed by atoms with Crippen molar-refractivity contribution in [2.24, 2.45) is 16.2 Å². The third kappa shape index (κ3) is 1.26. The summed E-state index contributed by atoms with van der Waals surface area (Å²) < 4.78 is 0. The summed E-state index contributed by atoms with van der Waals surface area (Å²) >= 11 is 0. The van der Waals surface area contributed by atoms with Crippen LogP contribution in [0.15, 0.2) is 0 Å². The van der Waals surface area contributed by atoms with Gasteiger partial charge in [0.1, 0.15) is 0 Å². The van der Waals surface area contributed by atoms with Gasteiger partial charge in [0.2, 0.25) is 0 Å². The number of hydrogen-bond acceptors (Lipinski definition) is 2. The van der Waals surface area contributed by atoms with Gasteiger partial charge in [0, 0.05) is 0 Å². The molecular weight excluding hydrogens is 200 g/mol. The van der Waals surface area contributed by atoms with Crippen molar-refractivity contribution >= 4 is 0 Å². The molecule has 2 fully saturated rings. The van der Waals surface area contributed by atoms with E-state index in [1.165, 1.54) is 0 Å². The third-order valence-electron chi connectivity index (χ3n) is 6.34. The first-order valence-corrected chi connectivity index (χ1v) is 6.62. The van der Waals surface area contributed by atoms with Crippen molar-refractivity contribution in [3.05, 3.63) is 0 Å². The summed E-state index contributed by atoms with van der Waals surface area (Å²) in [5, 5.41) is 20.6. The second-order valence-electron chi connectivity index (χ2n) is 6.93. The predicted molar refractivity (Wildman–Crippen MR) is 65.1 cm³/mol. The van der Waals surface area contributed by atoms with Gasteiger partial charge in [-0.2, -0.15) is 0 Å². The van der Waals surface area contributed by atoms with Crippen LogP contribution in [0.3, 0.4) is 0 Å². The molecule has 0 aromatic rings. The lowest BCUT2D eigenvalue weighted by Crippen LogP contribution is -2.62. The molecule has 2 N–H and O–H groups in total. The molecule has 16 heavy (non-hydrogen) atoms. The molecule has 4 unspecified atom stereocenters. The molecule has 0 bridgehead atoms. The number of rotatable bonds is 0. The summed E-state index contributed by atoms with van der Waals surface area (Å²) in [6, 6.07) is 0. The van der Waals surface area contributed by atoms with Gasteiger partial charge in [-0.3, -0.25) is 0 Å². The number of hydrogen-bond donors (Lipinski definition) is 2. The Morgan fingerprint density at radius 1 is 0.875 bits per heavy atom.